The van der Waals surface area contributed by atoms with E-state index in [9.17, 15) is 0 Å². The molecule has 0 atom stereocenters. The Morgan fingerprint density at radius 3 is 1.37 bits per heavy atom. The number of aromatic nitrogens is 3. The monoisotopic (exact) mass is 477 g/mol. The van der Waals surface area contributed by atoms with E-state index in [0.717, 1.165) is 35.6 Å². The van der Waals surface area contributed by atoms with Crippen LogP contribution in [0.5, 0.6) is 0 Å². The average Bonchev–Trinajstić information content (AvgIpc) is 3.53. The molecule has 3 aromatic heterocycles. The summed E-state index contributed by atoms with van der Waals surface area (Å²) in [5.41, 5.74) is 9.80. The van der Waals surface area contributed by atoms with Gasteiger partial charge in [0.2, 0.25) is 0 Å². The maximum Gasteiger partial charge on any atom is 0.187 e. The lowest BCUT2D eigenvalue weighted by atomic mass is 10.1. The van der Waals surface area contributed by atoms with Crippen molar-refractivity contribution in [2.24, 2.45) is 0 Å². The molecule has 0 aliphatic heterocycles. The van der Waals surface area contributed by atoms with Gasteiger partial charge in [-0.15, -0.1) is 0 Å². The SMILES string of the molecule is CCCCCCc1cc(-c2ccc(-c3cc(CCCCCC)c(C=[N+](C)C)[nH]3)[nH]2)[nH]c1C=[N+](C)C. The Kier molecular flexibility index (Phi) is 10.2. The van der Waals surface area contributed by atoms with E-state index >= 15 is 0 Å². The van der Waals surface area contributed by atoms with Gasteiger partial charge in [0.1, 0.15) is 39.6 Å². The standard InChI is InChI=1S/C30H45N5/c1-7-9-11-13-15-23-19-27(32-29(23)21-34(3)4)25-17-18-26(31-25)28-20-24(16-14-12-10-8-2)30(33-28)22-35(5)6/h17-22H,7-16H2,1-6H3,(H,31,32,33)/p+2. The first-order valence-electron chi connectivity index (χ1n) is 13.6. The summed E-state index contributed by atoms with van der Waals surface area (Å²) < 4.78 is 4.24. The molecule has 35 heavy (non-hydrogen) atoms. The van der Waals surface area contributed by atoms with Crippen LogP contribution in [0.15, 0.2) is 24.3 Å². The molecule has 5 nitrogen and oxygen atoms in total. The van der Waals surface area contributed by atoms with Crippen LogP contribution in [-0.2, 0) is 12.8 Å². The maximum absolute atomic E-state index is 3.67. The van der Waals surface area contributed by atoms with Gasteiger partial charge in [-0.1, -0.05) is 52.4 Å². The van der Waals surface area contributed by atoms with Gasteiger partial charge in [-0.3, -0.25) is 0 Å². The van der Waals surface area contributed by atoms with Crippen molar-refractivity contribution >= 4 is 12.4 Å². The lowest BCUT2D eigenvalue weighted by molar-refractivity contribution is -0.459. The van der Waals surface area contributed by atoms with Crippen molar-refractivity contribution in [1.82, 2.24) is 15.0 Å². The van der Waals surface area contributed by atoms with E-state index < -0.39 is 0 Å². The molecule has 0 aliphatic rings. The van der Waals surface area contributed by atoms with Crippen LogP contribution >= 0.6 is 0 Å². The number of unbranched alkanes of at least 4 members (excludes halogenated alkanes) is 6. The van der Waals surface area contributed by atoms with Crippen molar-refractivity contribution < 1.29 is 9.15 Å². The zero-order valence-corrected chi connectivity index (χ0v) is 22.9. The number of aryl methyl sites for hydroxylation is 2. The molecule has 0 fully saturated rings. The summed E-state index contributed by atoms with van der Waals surface area (Å²) in [6.07, 6.45) is 16.9. The topological polar surface area (TPSA) is 53.4 Å². The van der Waals surface area contributed by atoms with E-state index in [4.69, 9.17) is 0 Å². The predicted molar refractivity (Wildman–Crippen MR) is 151 cm³/mol. The lowest BCUT2D eigenvalue weighted by Gasteiger charge is -1.99. The molecule has 0 saturated carbocycles. The maximum atomic E-state index is 3.67. The molecule has 0 aliphatic carbocycles. The number of rotatable bonds is 14. The van der Waals surface area contributed by atoms with E-state index in [0.29, 0.717) is 0 Å². The summed E-state index contributed by atoms with van der Waals surface area (Å²) in [4.78, 5) is 11.0. The number of aromatic amines is 3. The van der Waals surface area contributed by atoms with Gasteiger partial charge in [0, 0.05) is 0 Å². The number of hydrogen-bond acceptors (Lipinski definition) is 0. The van der Waals surface area contributed by atoms with Crippen molar-refractivity contribution in [1.29, 1.82) is 0 Å². The summed E-state index contributed by atoms with van der Waals surface area (Å²) in [6, 6.07) is 9.04. The van der Waals surface area contributed by atoms with Gasteiger partial charge in [-0.25, -0.2) is 9.15 Å². The molecule has 3 aromatic rings. The van der Waals surface area contributed by atoms with Gasteiger partial charge < -0.3 is 15.0 Å². The fourth-order valence-electron chi connectivity index (χ4n) is 4.67. The highest BCUT2D eigenvalue weighted by atomic mass is 14.9. The quantitative estimate of drug-likeness (QED) is 0.133. The molecule has 0 unspecified atom stereocenters. The van der Waals surface area contributed by atoms with Crippen LogP contribution in [0, 0.1) is 0 Å². The minimum atomic E-state index is 1.12. The Labute approximate surface area is 212 Å². The van der Waals surface area contributed by atoms with Crippen LogP contribution in [0.25, 0.3) is 22.8 Å². The average molecular weight is 478 g/mol. The second-order valence-electron chi connectivity index (χ2n) is 10.3. The van der Waals surface area contributed by atoms with E-state index in [1.807, 2.05) is 0 Å². The van der Waals surface area contributed by atoms with Crippen LogP contribution in [0.4, 0.5) is 0 Å². The van der Waals surface area contributed by atoms with Crippen molar-refractivity contribution in [3.05, 3.63) is 46.8 Å². The van der Waals surface area contributed by atoms with Gasteiger partial charge in [-0.2, -0.15) is 0 Å². The first-order chi connectivity index (χ1) is 16.9. The highest BCUT2D eigenvalue weighted by Crippen LogP contribution is 2.27. The molecule has 0 saturated heterocycles. The molecule has 190 valence electrons. The normalized spacial score (nSPS) is 11.1. The molecule has 0 bridgehead atoms. The first-order valence-corrected chi connectivity index (χ1v) is 13.6. The second kappa shape index (κ2) is 13.3. The van der Waals surface area contributed by atoms with Gasteiger partial charge in [0.25, 0.3) is 0 Å². The molecule has 3 N–H and O–H groups in total. The van der Waals surface area contributed by atoms with Crippen LogP contribution < -0.4 is 0 Å². The molecule has 3 heterocycles. The largest absolute Gasteiger partial charge is 0.352 e. The highest BCUT2D eigenvalue weighted by Gasteiger charge is 2.15. The highest BCUT2D eigenvalue weighted by molar-refractivity contribution is 5.80. The molecule has 0 aromatic carbocycles. The van der Waals surface area contributed by atoms with Crippen LogP contribution in [0.2, 0.25) is 0 Å². The van der Waals surface area contributed by atoms with Crippen molar-refractivity contribution in [2.45, 2.75) is 78.1 Å². The minimum absolute atomic E-state index is 1.12. The van der Waals surface area contributed by atoms with Crippen molar-refractivity contribution in [2.75, 3.05) is 28.2 Å². The van der Waals surface area contributed by atoms with Crippen molar-refractivity contribution in [3.63, 3.8) is 0 Å². The molecule has 5 heteroatoms. The fraction of sp³-hybridized carbons (Fsp3) is 0.533. The Morgan fingerprint density at radius 2 is 1.00 bits per heavy atom. The van der Waals surface area contributed by atoms with Crippen LogP contribution in [-0.4, -0.2) is 64.7 Å². The van der Waals surface area contributed by atoms with E-state index in [2.05, 4.69) is 103 Å². The smallest absolute Gasteiger partial charge is 0.187 e. The lowest BCUT2D eigenvalue weighted by Crippen LogP contribution is -2.02. The molecule has 0 radical (unpaired) electrons. The molecule has 3 rings (SSSR count). The van der Waals surface area contributed by atoms with E-state index in [1.165, 1.54) is 73.9 Å². The molecular formula is C30H47N5+2. The third-order valence-electron chi connectivity index (χ3n) is 6.51. The van der Waals surface area contributed by atoms with E-state index in [-0.39, 0.29) is 0 Å². The third kappa shape index (κ3) is 7.84. The van der Waals surface area contributed by atoms with Gasteiger partial charge >= 0.3 is 0 Å². The zero-order valence-electron chi connectivity index (χ0n) is 22.9. The number of nitrogens with zero attached hydrogens (tertiary/aromatic N) is 2. The minimum Gasteiger partial charge on any atom is -0.352 e. The van der Waals surface area contributed by atoms with Crippen molar-refractivity contribution in [3.8, 4) is 22.8 Å². The summed E-state index contributed by atoms with van der Waals surface area (Å²) in [5.74, 6) is 0. The number of hydrogen-bond donors (Lipinski definition) is 3. The summed E-state index contributed by atoms with van der Waals surface area (Å²) in [6.45, 7) is 4.53. The fourth-order valence-corrected chi connectivity index (χ4v) is 4.67. The number of H-pyrrole nitrogens is 3. The van der Waals surface area contributed by atoms with E-state index in [1.54, 1.807) is 0 Å². The summed E-state index contributed by atoms with van der Waals surface area (Å²) in [5, 5.41) is 0. The predicted octanol–water partition coefficient (Wildman–Crippen LogP) is 6.63. The summed E-state index contributed by atoms with van der Waals surface area (Å²) in [7, 11) is 8.34. The van der Waals surface area contributed by atoms with Crippen LogP contribution in [0.1, 0.15) is 87.7 Å². The van der Waals surface area contributed by atoms with Gasteiger partial charge in [-0.05, 0) is 61.1 Å². The number of nitrogens with one attached hydrogen (secondary N) is 3. The first kappa shape index (κ1) is 26.8. The Hall–Kier alpha value is -2.82. The third-order valence-corrected chi connectivity index (χ3v) is 6.51. The Morgan fingerprint density at radius 1 is 0.571 bits per heavy atom. The molecule has 0 spiro atoms. The zero-order chi connectivity index (χ0) is 25.2. The van der Waals surface area contributed by atoms with Gasteiger partial charge in [0.15, 0.2) is 12.4 Å². The Balaban J connectivity index is 1.84. The Bertz CT molecular complexity index is 1030. The molecule has 0 amide bonds. The second-order valence-corrected chi connectivity index (χ2v) is 10.3. The van der Waals surface area contributed by atoms with Crippen LogP contribution in [0.3, 0.4) is 0 Å². The van der Waals surface area contributed by atoms with Gasteiger partial charge in [0.05, 0.1) is 22.8 Å². The summed E-state index contributed by atoms with van der Waals surface area (Å²) >= 11 is 0. The molecular weight excluding hydrogens is 430 g/mol.